The second-order valence-corrected chi connectivity index (χ2v) is 11.0. The summed E-state index contributed by atoms with van der Waals surface area (Å²) in [5.41, 5.74) is 12.0. The molecule has 4 aliphatic rings. The van der Waals surface area contributed by atoms with Crippen LogP contribution < -0.4 is 11.1 Å². The van der Waals surface area contributed by atoms with E-state index < -0.39 is 0 Å². The van der Waals surface area contributed by atoms with Crippen LogP contribution in [0.3, 0.4) is 0 Å². The Balaban J connectivity index is 1.29. The Labute approximate surface area is 197 Å². The summed E-state index contributed by atoms with van der Waals surface area (Å²) in [5.74, 6) is 3.39. The SMILES string of the molecule is Nc1n[nH]c2ccc([C@@H]3Nc4ccc5c(cnn5C(=O)C5CC5)c4C4CC5CCC(C5)[C@H]43)cc12. The average molecular weight is 453 g/mol. The third-order valence-electron chi connectivity index (χ3n) is 9.15. The Morgan fingerprint density at radius 2 is 1.97 bits per heavy atom. The van der Waals surface area contributed by atoms with Crippen LogP contribution in [0.5, 0.6) is 0 Å². The summed E-state index contributed by atoms with van der Waals surface area (Å²) >= 11 is 0. The number of nitrogens with two attached hydrogens (primary N) is 1. The number of nitrogen functional groups attached to an aromatic ring is 1. The molecular formula is C27H28N6O. The fourth-order valence-corrected chi connectivity index (χ4v) is 7.48. The van der Waals surface area contributed by atoms with Crippen LogP contribution in [0.15, 0.2) is 36.5 Å². The molecule has 2 bridgehead atoms. The predicted octanol–water partition coefficient (Wildman–Crippen LogP) is 5.23. The van der Waals surface area contributed by atoms with E-state index in [-0.39, 0.29) is 17.9 Å². The molecule has 3 unspecified atom stereocenters. The molecule has 0 spiro atoms. The fourth-order valence-electron chi connectivity index (χ4n) is 7.48. The number of benzene rings is 2. The van der Waals surface area contributed by atoms with E-state index in [9.17, 15) is 4.79 Å². The topological polar surface area (TPSA) is 102 Å². The highest BCUT2D eigenvalue weighted by atomic mass is 16.2. The van der Waals surface area contributed by atoms with E-state index in [1.165, 1.54) is 42.5 Å². The van der Waals surface area contributed by atoms with Crippen LogP contribution >= 0.6 is 0 Å². The number of aromatic nitrogens is 4. The van der Waals surface area contributed by atoms with Gasteiger partial charge in [0.1, 0.15) is 0 Å². The molecule has 2 aromatic heterocycles. The Kier molecular flexibility index (Phi) is 3.70. The summed E-state index contributed by atoms with van der Waals surface area (Å²) in [4.78, 5) is 12.9. The second kappa shape index (κ2) is 6.62. The number of nitrogens with one attached hydrogen (secondary N) is 2. The van der Waals surface area contributed by atoms with Gasteiger partial charge in [0.2, 0.25) is 0 Å². The largest absolute Gasteiger partial charge is 0.382 e. The summed E-state index contributed by atoms with van der Waals surface area (Å²) in [7, 11) is 0. The van der Waals surface area contributed by atoms with E-state index in [0.29, 0.717) is 23.6 Å². The number of aromatic amines is 1. The highest BCUT2D eigenvalue weighted by molar-refractivity contribution is 5.97. The molecule has 3 saturated carbocycles. The zero-order valence-corrected chi connectivity index (χ0v) is 19.0. The second-order valence-electron chi connectivity index (χ2n) is 11.0. The zero-order chi connectivity index (χ0) is 22.6. The van der Waals surface area contributed by atoms with Crippen molar-refractivity contribution < 1.29 is 4.79 Å². The molecule has 3 fully saturated rings. The maximum atomic E-state index is 12.9. The lowest BCUT2D eigenvalue weighted by Crippen LogP contribution is -2.38. The van der Waals surface area contributed by atoms with E-state index in [1.54, 1.807) is 4.68 Å². The summed E-state index contributed by atoms with van der Waals surface area (Å²) in [6.07, 6.45) is 9.14. The lowest BCUT2D eigenvalue weighted by Gasteiger charge is -2.47. The first-order valence-corrected chi connectivity index (χ1v) is 12.7. The van der Waals surface area contributed by atoms with Gasteiger partial charge in [-0.15, -0.1) is 0 Å². The lowest BCUT2D eigenvalue weighted by atomic mass is 9.63. The molecular weight excluding hydrogens is 424 g/mol. The molecule has 1 aliphatic heterocycles. The van der Waals surface area contributed by atoms with Crippen molar-refractivity contribution in [2.24, 2.45) is 23.7 Å². The van der Waals surface area contributed by atoms with Gasteiger partial charge in [0.15, 0.2) is 5.82 Å². The molecule has 4 N–H and O–H groups in total. The number of carbonyl (C=O) groups is 1. The Morgan fingerprint density at radius 1 is 1.06 bits per heavy atom. The van der Waals surface area contributed by atoms with Gasteiger partial charge in [0.25, 0.3) is 5.91 Å². The number of hydrogen-bond acceptors (Lipinski definition) is 5. The van der Waals surface area contributed by atoms with Crippen molar-refractivity contribution in [2.75, 3.05) is 11.1 Å². The Hall–Kier alpha value is -3.35. The molecule has 8 rings (SSSR count). The van der Waals surface area contributed by atoms with Crippen LogP contribution in [-0.4, -0.2) is 25.9 Å². The van der Waals surface area contributed by atoms with E-state index in [1.807, 2.05) is 6.20 Å². The third kappa shape index (κ3) is 2.55. The number of H-pyrrole nitrogens is 1. The summed E-state index contributed by atoms with van der Waals surface area (Å²) in [6.45, 7) is 0. The molecule has 7 nitrogen and oxygen atoms in total. The maximum Gasteiger partial charge on any atom is 0.250 e. The molecule has 0 amide bonds. The number of hydrogen-bond donors (Lipinski definition) is 3. The normalized spacial score (nSPS) is 29.7. The quantitative estimate of drug-likeness (QED) is 0.386. The standard InChI is InChI=1S/C27H28N6O/c28-26-17-11-16(5-6-20(17)31-32-26)25-23-15-2-1-13(9-15)10-18(23)24-19-12-29-33(27(34)14-3-4-14)22(19)8-7-21(24)30-25/h5-8,11-15,18,23,25,30H,1-4,9-10H2,(H3,28,31,32)/t13?,15?,18?,23-,25+/m1/s1. The molecule has 0 radical (unpaired) electrons. The van der Waals surface area contributed by atoms with Crippen molar-refractivity contribution in [3.05, 3.63) is 47.7 Å². The van der Waals surface area contributed by atoms with Crippen LogP contribution in [0.25, 0.3) is 21.8 Å². The van der Waals surface area contributed by atoms with Gasteiger partial charge in [-0.1, -0.05) is 12.5 Å². The number of rotatable bonds is 2. The minimum atomic E-state index is 0.155. The summed E-state index contributed by atoms with van der Waals surface area (Å²) in [6, 6.07) is 11.1. The van der Waals surface area contributed by atoms with Crippen molar-refractivity contribution in [1.82, 2.24) is 20.0 Å². The van der Waals surface area contributed by atoms with Crippen LogP contribution in [0.1, 0.15) is 66.4 Å². The van der Waals surface area contributed by atoms with Crippen LogP contribution in [0.4, 0.5) is 11.5 Å². The van der Waals surface area contributed by atoms with Crippen molar-refractivity contribution >= 4 is 39.2 Å². The molecule has 5 atom stereocenters. The molecule has 2 aromatic carbocycles. The van der Waals surface area contributed by atoms with Gasteiger partial charge in [0, 0.05) is 22.4 Å². The number of anilines is 2. The minimum absolute atomic E-state index is 0.155. The first-order chi connectivity index (χ1) is 16.7. The van der Waals surface area contributed by atoms with Gasteiger partial charge in [-0.2, -0.15) is 14.9 Å². The van der Waals surface area contributed by atoms with E-state index in [4.69, 9.17) is 5.73 Å². The molecule has 34 heavy (non-hydrogen) atoms. The third-order valence-corrected chi connectivity index (χ3v) is 9.15. The van der Waals surface area contributed by atoms with E-state index in [0.717, 1.165) is 40.6 Å². The number of fused-ring (bicyclic) bond motifs is 9. The van der Waals surface area contributed by atoms with Gasteiger partial charge in [-0.3, -0.25) is 9.89 Å². The van der Waals surface area contributed by atoms with Gasteiger partial charge in [0.05, 0.1) is 23.3 Å². The zero-order valence-electron chi connectivity index (χ0n) is 19.0. The smallest absolute Gasteiger partial charge is 0.250 e. The monoisotopic (exact) mass is 452 g/mol. The maximum absolute atomic E-state index is 12.9. The van der Waals surface area contributed by atoms with Gasteiger partial charge in [-0.25, -0.2) is 0 Å². The van der Waals surface area contributed by atoms with Crippen molar-refractivity contribution in [3.8, 4) is 0 Å². The van der Waals surface area contributed by atoms with E-state index >= 15 is 0 Å². The van der Waals surface area contributed by atoms with Crippen LogP contribution in [0.2, 0.25) is 0 Å². The fraction of sp³-hybridized carbons (Fsp3) is 0.444. The van der Waals surface area contributed by atoms with Crippen molar-refractivity contribution in [3.63, 3.8) is 0 Å². The average Bonchev–Trinajstić information content (AvgIpc) is 3.36. The summed E-state index contributed by atoms with van der Waals surface area (Å²) < 4.78 is 1.67. The highest BCUT2D eigenvalue weighted by Crippen LogP contribution is 2.60. The number of carbonyl (C=O) groups excluding carboxylic acids is 1. The van der Waals surface area contributed by atoms with Crippen molar-refractivity contribution in [1.29, 1.82) is 0 Å². The van der Waals surface area contributed by atoms with Crippen LogP contribution in [-0.2, 0) is 0 Å². The number of nitrogens with zero attached hydrogens (tertiary/aromatic N) is 3. The van der Waals surface area contributed by atoms with E-state index in [2.05, 4.69) is 50.9 Å². The molecule has 4 aromatic rings. The van der Waals surface area contributed by atoms with Gasteiger partial charge in [-0.05, 0) is 91.2 Å². The summed E-state index contributed by atoms with van der Waals surface area (Å²) in [5, 5.41) is 17.9. The Bertz CT molecular complexity index is 1480. The van der Waals surface area contributed by atoms with Gasteiger partial charge < -0.3 is 11.1 Å². The first-order valence-electron chi connectivity index (χ1n) is 12.7. The molecule has 172 valence electrons. The van der Waals surface area contributed by atoms with Crippen molar-refractivity contribution in [2.45, 2.75) is 50.5 Å². The molecule has 3 heterocycles. The van der Waals surface area contributed by atoms with Gasteiger partial charge >= 0.3 is 0 Å². The highest BCUT2D eigenvalue weighted by Gasteiger charge is 2.49. The molecule has 7 heteroatoms. The minimum Gasteiger partial charge on any atom is -0.382 e. The predicted molar refractivity (Wildman–Crippen MR) is 132 cm³/mol. The first kappa shape index (κ1) is 19.0. The molecule has 0 saturated heterocycles. The molecule has 3 aliphatic carbocycles. The van der Waals surface area contributed by atoms with Crippen LogP contribution in [0, 0.1) is 23.7 Å². The Morgan fingerprint density at radius 3 is 2.85 bits per heavy atom. The lowest BCUT2D eigenvalue weighted by molar-refractivity contribution is 0.0876.